The zero-order valence-electron chi connectivity index (χ0n) is 16.7. The highest BCUT2D eigenvalue weighted by molar-refractivity contribution is 5.87. The van der Waals surface area contributed by atoms with Crippen molar-refractivity contribution < 1.29 is 14.0 Å². The van der Waals surface area contributed by atoms with Crippen LogP contribution >= 0.6 is 0 Å². The second-order valence-electron chi connectivity index (χ2n) is 6.82. The number of nitrogens with zero attached hydrogens (tertiary/aromatic N) is 1. The Morgan fingerprint density at radius 3 is 2.36 bits per heavy atom. The third kappa shape index (κ3) is 6.19. The third-order valence-corrected chi connectivity index (χ3v) is 4.70. The van der Waals surface area contributed by atoms with E-state index >= 15 is 0 Å². The third-order valence-electron chi connectivity index (χ3n) is 4.70. The zero-order valence-corrected chi connectivity index (χ0v) is 16.7. The molecule has 0 aromatic heterocycles. The van der Waals surface area contributed by atoms with E-state index in [4.69, 9.17) is 0 Å². The Labute approximate surface area is 166 Å². The number of carbonyl (C=O) groups excluding carboxylic acids is 2. The van der Waals surface area contributed by atoms with Crippen molar-refractivity contribution in [2.24, 2.45) is 0 Å². The van der Waals surface area contributed by atoms with Crippen molar-refractivity contribution >= 4 is 11.8 Å². The lowest BCUT2D eigenvalue weighted by atomic mass is 10.0. The van der Waals surface area contributed by atoms with Crippen LogP contribution in [0.5, 0.6) is 0 Å². The molecule has 0 unspecified atom stereocenters. The summed E-state index contributed by atoms with van der Waals surface area (Å²) in [6, 6.07) is 15.3. The second kappa shape index (κ2) is 11.2. The van der Waals surface area contributed by atoms with Crippen LogP contribution in [-0.4, -0.2) is 29.3 Å². The number of carbonyl (C=O) groups is 2. The van der Waals surface area contributed by atoms with E-state index in [9.17, 15) is 14.0 Å². The quantitative estimate of drug-likeness (QED) is 0.627. The zero-order chi connectivity index (χ0) is 20.4. The Morgan fingerprint density at radius 1 is 1.04 bits per heavy atom. The number of hydrogen-bond donors (Lipinski definition) is 1. The van der Waals surface area contributed by atoms with E-state index in [1.165, 1.54) is 11.0 Å². The van der Waals surface area contributed by atoms with Gasteiger partial charge in [-0.15, -0.1) is 0 Å². The SMILES string of the molecule is CCCCNC(=O)[C@H](Cc1ccccc1)N(Cc1ccccc1F)C(=O)CC. The summed E-state index contributed by atoms with van der Waals surface area (Å²) in [7, 11) is 0. The summed E-state index contributed by atoms with van der Waals surface area (Å²) in [5.74, 6) is -0.744. The fourth-order valence-electron chi connectivity index (χ4n) is 3.07. The van der Waals surface area contributed by atoms with Crippen LogP contribution in [0.15, 0.2) is 54.6 Å². The minimum absolute atomic E-state index is 0.0675. The Hall–Kier alpha value is -2.69. The highest BCUT2D eigenvalue weighted by Gasteiger charge is 2.29. The smallest absolute Gasteiger partial charge is 0.243 e. The van der Waals surface area contributed by atoms with Crippen LogP contribution in [-0.2, 0) is 22.6 Å². The Kier molecular flexibility index (Phi) is 8.66. The monoisotopic (exact) mass is 384 g/mol. The van der Waals surface area contributed by atoms with E-state index in [2.05, 4.69) is 12.2 Å². The van der Waals surface area contributed by atoms with Crippen LogP contribution in [0.1, 0.15) is 44.2 Å². The lowest BCUT2D eigenvalue weighted by Gasteiger charge is -2.31. The number of nitrogens with one attached hydrogen (secondary N) is 1. The lowest BCUT2D eigenvalue weighted by molar-refractivity contribution is -0.141. The van der Waals surface area contributed by atoms with Gasteiger partial charge in [-0.1, -0.05) is 68.8 Å². The van der Waals surface area contributed by atoms with Gasteiger partial charge in [-0.25, -0.2) is 4.39 Å². The molecule has 1 atom stereocenters. The van der Waals surface area contributed by atoms with Crippen LogP contribution in [0.4, 0.5) is 4.39 Å². The van der Waals surface area contributed by atoms with Gasteiger partial charge in [-0.2, -0.15) is 0 Å². The molecule has 0 radical (unpaired) electrons. The molecule has 2 rings (SSSR count). The molecule has 0 spiro atoms. The molecule has 4 nitrogen and oxygen atoms in total. The first kappa shape index (κ1) is 21.6. The summed E-state index contributed by atoms with van der Waals surface area (Å²) in [5.41, 5.74) is 1.37. The summed E-state index contributed by atoms with van der Waals surface area (Å²) in [5, 5.41) is 2.94. The average molecular weight is 384 g/mol. The van der Waals surface area contributed by atoms with Gasteiger partial charge in [-0.05, 0) is 18.1 Å². The molecule has 5 heteroatoms. The largest absolute Gasteiger partial charge is 0.354 e. The predicted molar refractivity (Wildman–Crippen MR) is 109 cm³/mol. The molecular weight excluding hydrogens is 355 g/mol. The molecular formula is C23H29FN2O2. The maximum Gasteiger partial charge on any atom is 0.243 e. The van der Waals surface area contributed by atoms with Gasteiger partial charge in [0.05, 0.1) is 0 Å². The van der Waals surface area contributed by atoms with E-state index in [0.29, 0.717) is 18.5 Å². The minimum Gasteiger partial charge on any atom is -0.354 e. The molecule has 1 N–H and O–H groups in total. The Balaban J connectivity index is 2.31. The molecule has 0 heterocycles. The molecule has 28 heavy (non-hydrogen) atoms. The van der Waals surface area contributed by atoms with E-state index in [0.717, 1.165) is 18.4 Å². The number of unbranched alkanes of at least 4 members (excludes halogenated alkanes) is 1. The minimum atomic E-state index is -0.689. The van der Waals surface area contributed by atoms with E-state index < -0.39 is 6.04 Å². The predicted octanol–water partition coefficient (Wildman–Crippen LogP) is 4.09. The normalized spacial score (nSPS) is 11.7. The van der Waals surface area contributed by atoms with Crippen molar-refractivity contribution in [3.05, 3.63) is 71.5 Å². The average Bonchev–Trinajstić information content (AvgIpc) is 2.72. The lowest BCUT2D eigenvalue weighted by Crippen LogP contribution is -2.50. The van der Waals surface area contributed by atoms with Crippen LogP contribution in [0.2, 0.25) is 0 Å². The van der Waals surface area contributed by atoms with Gasteiger partial charge in [-0.3, -0.25) is 9.59 Å². The van der Waals surface area contributed by atoms with Crippen LogP contribution in [0.3, 0.4) is 0 Å². The molecule has 2 amide bonds. The number of hydrogen-bond acceptors (Lipinski definition) is 2. The first-order valence-corrected chi connectivity index (χ1v) is 9.91. The van der Waals surface area contributed by atoms with Gasteiger partial charge < -0.3 is 10.2 Å². The van der Waals surface area contributed by atoms with Crippen molar-refractivity contribution in [3.63, 3.8) is 0 Å². The summed E-state index contributed by atoms with van der Waals surface area (Å²) >= 11 is 0. The number of amides is 2. The highest BCUT2D eigenvalue weighted by Crippen LogP contribution is 2.17. The number of halogens is 1. The standard InChI is InChI=1S/C23H29FN2O2/c1-3-5-15-25-23(28)21(16-18-11-7-6-8-12-18)26(22(27)4-2)17-19-13-9-10-14-20(19)24/h6-14,21H,3-5,15-17H2,1-2H3,(H,25,28)/t21-/m0/s1. The van der Waals surface area contributed by atoms with Crippen LogP contribution < -0.4 is 5.32 Å². The summed E-state index contributed by atoms with van der Waals surface area (Å²) < 4.78 is 14.2. The van der Waals surface area contributed by atoms with E-state index in [1.54, 1.807) is 25.1 Å². The Morgan fingerprint density at radius 2 is 1.71 bits per heavy atom. The molecule has 0 saturated carbocycles. The molecule has 0 aliphatic rings. The molecule has 2 aromatic carbocycles. The summed E-state index contributed by atoms with van der Waals surface area (Å²) in [6.45, 7) is 4.44. The topological polar surface area (TPSA) is 49.4 Å². The molecule has 0 saturated heterocycles. The maximum atomic E-state index is 14.2. The van der Waals surface area contributed by atoms with Gasteiger partial charge in [0.25, 0.3) is 0 Å². The van der Waals surface area contributed by atoms with Gasteiger partial charge in [0.2, 0.25) is 11.8 Å². The van der Waals surface area contributed by atoms with E-state index in [1.807, 2.05) is 30.3 Å². The fraction of sp³-hybridized carbons (Fsp3) is 0.391. The molecule has 150 valence electrons. The van der Waals surface area contributed by atoms with Crippen molar-refractivity contribution in [2.75, 3.05) is 6.54 Å². The first-order valence-electron chi connectivity index (χ1n) is 9.91. The summed E-state index contributed by atoms with van der Waals surface area (Å²) in [6.07, 6.45) is 2.48. The molecule has 0 aliphatic heterocycles. The Bertz CT molecular complexity index is 764. The fourth-order valence-corrected chi connectivity index (χ4v) is 3.07. The second-order valence-corrected chi connectivity index (χ2v) is 6.82. The molecule has 0 bridgehead atoms. The maximum absolute atomic E-state index is 14.2. The first-order chi connectivity index (χ1) is 13.6. The van der Waals surface area contributed by atoms with Crippen molar-refractivity contribution in [1.29, 1.82) is 0 Å². The summed E-state index contributed by atoms with van der Waals surface area (Å²) in [4.78, 5) is 27.2. The van der Waals surface area contributed by atoms with Crippen LogP contribution in [0.25, 0.3) is 0 Å². The molecule has 2 aromatic rings. The number of benzene rings is 2. The van der Waals surface area contributed by atoms with Crippen molar-refractivity contribution in [3.8, 4) is 0 Å². The van der Waals surface area contributed by atoms with Gasteiger partial charge in [0.1, 0.15) is 11.9 Å². The van der Waals surface area contributed by atoms with Crippen LogP contribution in [0, 0.1) is 5.82 Å². The van der Waals surface area contributed by atoms with E-state index in [-0.39, 0.29) is 30.6 Å². The van der Waals surface area contributed by atoms with Gasteiger partial charge in [0, 0.05) is 31.5 Å². The highest BCUT2D eigenvalue weighted by atomic mass is 19.1. The van der Waals surface area contributed by atoms with Gasteiger partial charge in [0.15, 0.2) is 0 Å². The van der Waals surface area contributed by atoms with Crippen molar-refractivity contribution in [2.45, 2.75) is 52.1 Å². The van der Waals surface area contributed by atoms with Crippen molar-refractivity contribution in [1.82, 2.24) is 10.2 Å². The molecule has 0 aliphatic carbocycles. The number of rotatable bonds is 10. The van der Waals surface area contributed by atoms with Gasteiger partial charge >= 0.3 is 0 Å². The molecule has 0 fully saturated rings.